The molecule has 5 N–H and O–H groups in total. The maximum atomic E-state index is 14.2. The number of piperidine rings is 1. The number of sulfonamides is 1. The Labute approximate surface area is 533 Å². The van der Waals surface area contributed by atoms with Crippen LogP contribution in [-0.4, -0.2) is 146 Å². The highest BCUT2D eigenvalue weighted by Crippen LogP contribution is 2.38. The van der Waals surface area contributed by atoms with Crippen LogP contribution in [0.15, 0.2) is 126 Å². The summed E-state index contributed by atoms with van der Waals surface area (Å²) in [6, 6.07) is 31.3. The van der Waals surface area contributed by atoms with Gasteiger partial charge in [0.25, 0.3) is 27.5 Å². The number of amides is 4. The smallest absolute Gasteiger partial charge is 0.293 e. The number of nitrogens with zero attached hydrogens (tertiary/aromatic N) is 6. The Morgan fingerprint density at radius 2 is 1.58 bits per heavy atom. The van der Waals surface area contributed by atoms with Gasteiger partial charge in [-0.2, -0.15) is 0 Å². The number of H-pyrrole nitrogens is 1. The van der Waals surface area contributed by atoms with Crippen molar-refractivity contribution >= 4 is 79.0 Å². The summed E-state index contributed by atoms with van der Waals surface area (Å²) < 4.78 is 48.4. The van der Waals surface area contributed by atoms with Crippen LogP contribution < -0.4 is 35.0 Å². The number of nitro groups is 1. The Kier molecular flexibility index (Phi) is 19.4. The average molecular weight is 1280 g/mol. The van der Waals surface area contributed by atoms with Gasteiger partial charge in [-0.25, -0.2) is 18.1 Å². The van der Waals surface area contributed by atoms with Crippen LogP contribution in [0.4, 0.5) is 22.7 Å². The SMILES string of the molecule is O=C1CCC(N2Cc3c(NCCCCCCCN4CC(COc5cccc(-c6ccc(Cl)cc6)c5CN5CCN(c6ccc(C(=O)NS(=O)(=O)c7ccc(NCC8CCOCC8)c([N+](=O)[O-])c7)c(Oc7cnc8[nH]ccc8c7)c6)CC5)C4)cccc3C2=O)C(=O)N1. The number of aromatic nitrogens is 2. The number of piperazine rings is 1. The maximum Gasteiger partial charge on any atom is 0.293 e. The molecule has 0 radical (unpaired) electrons. The Morgan fingerprint density at radius 3 is 2.38 bits per heavy atom. The van der Waals surface area contributed by atoms with E-state index in [0.29, 0.717) is 100.0 Å². The van der Waals surface area contributed by atoms with Crippen LogP contribution in [0, 0.1) is 22.0 Å². The predicted molar refractivity (Wildman–Crippen MR) is 346 cm³/mol. The molecule has 7 aromatic rings. The number of halogens is 1. The molecule has 24 heteroatoms. The molecular formula is C67H74ClN11O11S. The molecule has 476 valence electrons. The number of hydrogen-bond acceptors (Lipinski definition) is 17. The lowest BCUT2D eigenvalue weighted by atomic mass is 9.97. The fraction of sp³-hybridized carbons (Fsp3) is 0.388. The van der Waals surface area contributed by atoms with Gasteiger partial charge in [0.2, 0.25) is 11.8 Å². The largest absolute Gasteiger partial charge is 0.493 e. The third kappa shape index (κ3) is 14.9. The van der Waals surface area contributed by atoms with Crippen molar-refractivity contribution in [1.82, 2.24) is 34.7 Å². The summed E-state index contributed by atoms with van der Waals surface area (Å²) in [7, 11) is -4.61. The van der Waals surface area contributed by atoms with Crippen molar-refractivity contribution in [2.45, 2.75) is 81.8 Å². The number of likely N-dealkylation sites (tertiary alicyclic amines) is 1. The Morgan fingerprint density at radius 1 is 0.802 bits per heavy atom. The number of rotatable bonds is 26. The highest BCUT2D eigenvalue weighted by molar-refractivity contribution is 7.90. The number of carbonyl (C=O) groups is 4. The molecule has 4 amide bonds. The third-order valence-corrected chi connectivity index (χ3v) is 19.5. The fourth-order valence-electron chi connectivity index (χ4n) is 12.8. The predicted octanol–water partition coefficient (Wildman–Crippen LogP) is 10.00. The van der Waals surface area contributed by atoms with Crippen molar-refractivity contribution in [3.63, 3.8) is 0 Å². The molecule has 1 atom stereocenters. The lowest BCUT2D eigenvalue weighted by Crippen LogP contribution is -2.52. The van der Waals surface area contributed by atoms with E-state index in [2.05, 4.69) is 57.5 Å². The fourth-order valence-corrected chi connectivity index (χ4v) is 13.9. The second-order valence-corrected chi connectivity index (χ2v) is 26.2. The first-order chi connectivity index (χ1) is 44.2. The molecule has 7 heterocycles. The van der Waals surface area contributed by atoms with E-state index in [1.165, 1.54) is 24.4 Å². The molecule has 5 aromatic carbocycles. The molecule has 0 bridgehead atoms. The number of unbranched alkanes of at least 4 members (excludes halogenated alkanes) is 4. The number of aromatic amines is 1. The van der Waals surface area contributed by atoms with Crippen LogP contribution >= 0.6 is 11.6 Å². The van der Waals surface area contributed by atoms with Crippen LogP contribution in [0.5, 0.6) is 17.2 Å². The van der Waals surface area contributed by atoms with Gasteiger partial charge in [-0.15, -0.1) is 0 Å². The van der Waals surface area contributed by atoms with Crippen molar-refractivity contribution in [3.05, 3.63) is 159 Å². The normalized spacial score (nSPS) is 17.6. The van der Waals surface area contributed by atoms with Crippen LogP contribution in [0.2, 0.25) is 5.02 Å². The molecule has 0 aliphatic carbocycles. The van der Waals surface area contributed by atoms with Gasteiger partial charge in [0, 0.05) is 148 Å². The van der Waals surface area contributed by atoms with E-state index in [0.717, 1.165) is 122 Å². The van der Waals surface area contributed by atoms with Crippen molar-refractivity contribution < 1.29 is 46.7 Å². The number of benzene rings is 5. The van der Waals surface area contributed by atoms with Gasteiger partial charge in [-0.3, -0.25) is 39.5 Å². The van der Waals surface area contributed by atoms with E-state index in [4.69, 9.17) is 25.8 Å². The molecule has 5 aliphatic rings. The molecule has 0 spiro atoms. The molecule has 91 heavy (non-hydrogen) atoms. The zero-order valence-corrected chi connectivity index (χ0v) is 52.1. The Bertz CT molecular complexity index is 3940. The van der Waals surface area contributed by atoms with E-state index >= 15 is 0 Å². The van der Waals surface area contributed by atoms with Crippen LogP contribution in [0.3, 0.4) is 0 Å². The number of nitro benzene ring substituents is 1. The molecule has 4 saturated heterocycles. The van der Waals surface area contributed by atoms with Crippen molar-refractivity contribution in [1.29, 1.82) is 0 Å². The van der Waals surface area contributed by atoms with E-state index < -0.39 is 43.4 Å². The molecule has 12 rings (SSSR count). The minimum atomic E-state index is -4.61. The van der Waals surface area contributed by atoms with Gasteiger partial charge in [0.05, 0.1) is 28.2 Å². The summed E-state index contributed by atoms with van der Waals surface area (Å²) in [5, 5.41) is 22.7. The second-order valence-electron chi connectivity index (χ2n) is 24.1. The number of carbonyl (C=O) groups excluding carboxylic acids is 4. The zero-order chi connectivity index (χ0) is 63.0. The molecule has 2 aromatic heterocycles. The topological polar surface area (TPSA) is 263 Å². The summed E-state index contributed by atoms with van der Waals surface area (Å²) in [4.78, 5) is 79.0. The van der Waals surface area contributed by atoms with E-state index in [-0.39, 0.29) is 41.2 Å². The highest BCUT2D eigenvalue weighted by atomic mass is 35.5. The minimum Gasteiger partial charge on any atom is -0.493 e. The van der Waals surface area contributed by atoms with Crippen molar-refractivity contribution in [3.8, 4) is 28.4 Å². The summed E-state index contributed by atoms with van der Waals surface area (Å²) in [6.07, 6.45) is 10.9. The van der Waals surface area contributed by atoms with E-state index in [1.54, 1.807) is 29.3 Å². The first-order valence-corrected chi connectivity index (χ1v) is 33.2. The van der Waals surface area contributed by atoms with Gasteiger partial charge in [-0.1, -0.05) is 61.2 Å². The minimum absolute atomic E-state index is 0.0720. The van der Waals surface area contributed by atoms with Gasteiger partial charge >= 0.3 is 0 Å². The van der Waals surface area contributed by atoms with E-state index in [1.807, 2.05) is 54.6 Å². The molecule has 1 unspecified atom stereocenters. The molecule has 0 saturated carbocycles. The summed E-state index contributed by atoms with van der Waals surface area (Å²) in [5.41, 5.74) is 6.69. The highest BCUT2D eigenvalue weighted by Gasteiger charge is 2.40. The standard InChI is InChI=1S/C67H74ClN11O11S/c68-48-14-12-46(13-15-48)52-8-7-11-61(89-43-45-39-76(40-45)27-5-3-1-2-4-25-69-57-10-6-9-53-55(57)42-78(67(53)83)59-20-21-63(80)73-66(59)82)56(52)41-75-28-30-77(31-29-75)49-16-18-54(62(35-49)90-50-34-47-22-26-70-64(47)72-38-50)65(81)74-91(86,87)51-17-19-58(60(36-51)79(84)85)71-37-44-23-32-88-33-24-44/h6-19,22,26,34-36,38,44-45,59,69,71H,1-5,20-21,23-25,27-33,37,39-43H2,(H,70,72)(H,74,81)(H,73,80,82). The first-order valence-electron chi connectivity index (χ1n) is 31.3. The molecule has 4 fully saturated rings. The zero-order valence-electron chi connectivity index (χ0n) is 50.5. The lowest BCUT2D eigenvalue weighted by molar-refractivity contribution is -0.384. The lowest BCUT2D eigenvalue weighted by Gasteiger charge is -2.39. The quantitative estimate of drug-likeness (QED) is 0.0146. The average Bonchev–Trinajstić information content (AvgIpc) is 1.87. The number of imide groups is 1. The molecular weight excluding hydrogens is 1200 g/mol. The first kappa shape index (κ1) is 62.6. The van der Waals surface area contributed by atoms with Gasteiger partial charge in [0.1, 0.15) is 34.6 Å². The van der Waals surface area contributed by atoms with Crippen LogP contribution in [-0.2, 0) is 37.4 Å². The molecule has 5 aliphatic heterocycles. The monoisotopic (exact) mass is 1280 g/mol. The van der Waals surface area contributed by atoms with Gasteiger partial charge < -0.3 is 44.5 Å². The Hall–Kier alpha value is -8.61. The number of pyridine rings is 1. The Balaban J connectivity index is 0.637. The van der Waals surface area contributed by atoms with Crippen LogP contribution in [0.25, 0.3) is 22.2 Å². The summed E-state index contributed by atoms with van der Waals surface area (Å²) in [6.45, 7) is 9.70. The number of fused-ring (bicyclic) bond motifs is 2. The number of ether oxygens (including phenoxy) is 3. The summed E-state index contributed by atoms with van der Waals surface area (Å²) in [5.74, 6) is 0.0607. The third-order valence-electron chi connectivity index (χ3n) is 17.9. The van der Waals surface area contributed by atoms with E-state index in [9.17, 15) is 37.7 Å². The number of nitrogens with one attached hydrogen (secondary N) is 5. The van der Waals surface area contributed by atoms with Gasteiger partial charge in [-0.05, 0) is 122 Å². The number of anilines is 3. The maximum absolute atomic E-state index is 14.2. The van der Waals surface area contributed by atoms with Crippen LogP contribution in [0.1, 0.15) is 89.6 Å². The van der Waals surface area contributed by atoms with Crippen molar-refractivity contribution in [2.75, 3.05) is 94.3 Å². The molecule has 22 nitrogen and oxygen atoms in total. The van der Waals surface area contributed by atoms with Crippen molar-refractivity contribution in [2.24, 2.45) is 11.8 Å². The second kappa shape index (κ2) is 28.3. The van der Waals surface area contributed by atoms with Gasteiger partial charge in [0.15, 0.2) is 0 Å². The number of hydrogen-bond donors (Lipinski definition) is 5. The summed E-state index contributed by atoms with van der Waals surface area (Å²) >= 11 is 6.38.